The average molecular weight is 300 g/mol. The standard InChI is InChI=1S/C14H21N3O2.ClH/c1-10-4-6-11(7-5-10)12(18)16-8-9-17-13(19)14(2,3)15;/h4-7H,8-9,15H2,1-3H3,(H,16,18)(H,17,19);1H. The van der Waals surface area contributed by atoms with Crippen LogP contribution < -0.4 is 16.4 Å². The van der Waals surface area contributed by atoms with Crippen LogP contribution in [0.2, 0.25) is 0 Å². The highest BCUT2D eigenvalue weighted by molar-refractivity contribution is 5.94. The summed E-state index contributed by atoms with van der Waals surface area (Å²) in [5.41, 5.74) is 6.44. The van der Waals surface area contributed by atoms with Crippen LogP contribution in [0.3, 0.4) is 0 Å². The predicted octanol–water partition coefficient (Wildman–Crippen LogP) is 1.00. The summed E-state index contributed by atoms with van der Waals surface area (Å²) in [6.07, 6.45) is 0. The minimum atomic E-state index is -0.902. The molecule has 0 unspecified atom stereocenters. The van der Waals surface area contributed by atoms with E-state index < -0.39 is 5.54 Å². The Hall–Kier alpha value is -1.59. The molecular weight excluding hydrogens is 278 g/mol. The Balaban J connectivity index is 0.00000361. The van der Waals surface area contributed by atoms with Gasteiger partial charge in [0.1, 0.15) is 0 Å². The zero-order chi connectivity index (χ0) is 14.5. The van der Waals surface area contributed by atoms with E-state index in [1.54, 1.807) is 26.0 Å². The topological polar surface area (TPSA) is 84.2 Å². The van der Waals surface area contributed by atoms with Gasteiger partial charge in [0.25, 0.3) is 5.91 Å². The zero-order valence-corrected chi connectivity index (χ0v) is 12.8. The first-order valence-electron chi connectivity index (χ1n) is 6.23. The van der Waals surface area contributed by atoms with Gasteiger partial charge in [-0.05, 0) is 32.9 Å². The van der Waals surface area contributed by atoms with E-state index in [0.29, 0.717) is 18.7 Å². The first-order valence-corrected chi connectivity index (χ1v) is 6.23. The summed E-state index contributed by atoms with van der Waals surface area (Å²) in [6, 6.07) is 7.31. The first-order chi connectivity index (χ1) is 8.80. The fourth-order valence-corrected chi connectivity index (χ4v) is 1.39. The quantitative estimate of drug-likeness (QED) is 0.709. The monoisotopic (exact) mass is 299 g/mol. The van der Waals surface area contributed by atoms with Crippen LogP contribution in [0.15, 0.2) is 24.3 Å². The number of hydrogen-bond donors (Lipinski definition) is 3. The van der Waals surface area contributed by atoms with E-state index in [4.69, 9.17) is 5.73 Å². The van der Waals surface area contributed by atoms with Gasteiger partial charge in [-0.1, -0.05) is 17.7 Å². The lowest BCUT2D eigenvalue weighted by Crippen LogP contribution is -2.50. The minimum absolute atomic E-state index is 0. The number of rotatable bonds is 5. The molecule has 0 bridgehead atoms. The van der Waals surface area contributed by atoms with Crippen LogP contribution in [-0.2, 0) is 4.79 Å². The minimum Gasteiger partial charge on any atom is -0.353 e. The van der Waals surface area contributed by atoms with Gasteiger partial charge in [0, 0.05) is 18.7 Å². The molecule has 0 aromatic heterocycles. The summed E-state index contributed by atoms with van der Waals surface area (Å²) in [5, 5.41) is 5.39. The maximum atomic E-state index is 11.7. The molecule has 1 aromatic rings. The number of halogens is 1. The van der Waals surface area contributed by atoms with Crippen molar-refractivity contribution in [3.05, 3.63) is 35.4 Å². The van der Waals surface area contributed by atoms with E-state index in [2.05, 4.69) is 10.6 Å². The van der Waals surface area contributed by atoms with Gasteiger partial charge in [0.05, 0.1) is 5.54 Å². The molecule has 2 amide bonds. The first kappa shape index (κ1) is 18.4. The highest BCUT2D eigenvalue weighted by Gasteiger charge is 2.20. The maximum absolute atomic E-state index is 11.7. The molecule has 0 fully saturated rings. The molecule has 6 heteroatoms. The smallest absolute Gasteiger partial charge is 0.251 e. The molecule has 5 nitrogen and oxygen atoms in total. The molecule has 0 aliphatic heterocycles. The largest absolute Gasteiger partial charge is 0.353 e. The van der Waals surface area contributed by atoms with Crippen LogP contribution in [0, 0.1) is 6.92 Å². The van der Waals surface area contributed by atoms with Crippen molar-refractivity contribution in [1.82, 2.24) is 10.6 Å². The molecule has 0 saturated heterocycles. The van der Waals surface area contributed by atoms with E-state index in [1.807, 2.05) is 19.1 Å². The summed E-state index contributed by atoms with van der Waals surface area (Å²) in [5.74, 6) is -0.390. The summed E-state index contributed by atoms with van der Waals surface area (Å²) in [7, 11) is 0. The molecule has 0 spiro atoms. The maximum Gasteiger partial charge on any atom is 0.251 e. The van der Waals surface area contributed by atoms with Gasteiger partial charge in [-0.15, -0.1) is 12.4 Å². The average Bonchev–Trinajstić information content (AvgIpc) is 2.33. The molecule has 0 atom stereocenters. The lowest BCUT2D eigenvalue weighted by molar-refractivity contribution is -0.125. The fourth-order valence-electron chi connectivity index (χ4n) is 1.39. The van der Waals surface area contributed by atoms with E-state index in [1.165, 1.54) is 0 Å². The molecule has 1 rings (SSSR count). The van der Waals surface area contributed by atoms with Crippen LogP contribution >= 0.6 is 12.4 Å². The van der Waals surface area contributed by atoms with Gasteiger partial charge in [-0.3, -0.25) is 9.59 Å². The second-order valence-electron chi connectivity index (χ2n) is 5.10. The van der Waals surface area contributed by atoms with E-state index in [9.17, 15) is 9.59 Å². The molecule has 112 valence electrons. The third-order valence-electron chi connectivity index (χ3n) is 2.60. The highest BCUT2D eigenvalue weighted by atomic mass is 35.5. The number of aryl methyl sites for hydroxylation is 1. The fraction of sp³-hybridized carbons (Fsp3) is 0.429. The summed E-state index contributed by atoms with van der Waals surface area (Å²) in [4.78, 5) is 23.2. The molecular formula is C14H22ClN3O2. The summed E-state index contributed by atoms with van der Waals surface area (Å²) in [6.45, 7) is 5.96. The lowest BCUT2D eigenvalue weighted by Gasteiger charge is -2.17. The Bertz CT molecular complexity index is 452. The third-order valence-corrected chi connectivity index (χ3v) is 2.60. The Morgan fingerprint density at radius 1 is 1.10 bits per heavy atom. The van der Waals surface area contributed by atoms with Gasteiger partial charge in [-0.2, -0.15) is 0 Å². The van der Waals surface area contributed by atoms with Gasteiger partial charge < -0.3 is 16.4 Å². The number of carbonyl (C=O) groups excluding carboxylic acids is 2. The van der Waals surface area contributed by atoms with Crippen molar-refractivity contribution >= 4 is 24.2 Å². The van der Waals surface area contributed by atoms with Crippen LogP contribution in [0.25, 0.3) is 0 Å². The molecule has 4 N–H and O–H groups in total. The predicted molar refractivity (Wildman–Crippen MR) is 82.0 cm³/mol. The van der Waals surface area contributed by atoms with Crippen molar-refractivity contribution in [1.29, 1.82) is 0 Å². The van der Waals surface area contributed by atoms with Gasteiger partial charge >= 0.3 is 0 Å². The van der Waals surface area contributed by atoms with Gasteiger partial charge in [-0.25, -0.2) is 0 Å². The summed E-state index contributed by atoms with van der Waals surface area (Å²) >= 11 is 0. The molecule has 1 aromatic carbocycles. The molecule has 0 aliphatic rings. The van der Waals surface area contributed by atoms with Crippen LogP contribution in [0.4, 0.5) is 0 Å². The van der Waals surface area contributed by atoms with Crippen LogP contribution in [-0.4, -0.2) is 30.4 Å². The van der Waals surface area contributed by atoms with E-state index in [0.717, 1.165) is 5.56 Å². The van der Waals surface area contributed by atoms with Crippen molar-refractivity contribution in [3.8, 4) is 0 Å². The Kier molecular flexibility index (Phi) is 7.24. The number of benzene rings is 1. The zero-order valence-electron chi connectivity index (χ0n) is 12.0. The Morgan fingerprint density at radius 2 is 1.60 bits per heavy atom. The Labute approximate surface area is 125 Å². The van der Waals surface area contributed by atoms with Crippen LogP contribution in [0.5, 0.6) is 0 Å². The normalized spacial score (nSPS) is 10.4. The molecule has 20 heavy (non-hydrogen) atoms. The van der Waals surface area contributed by atoms with Crippen molar-refractivity contribution in [2.24, 2.45) is 5.73 Å². The number of hydrogen-bond acceptors (Lipinski definition) is 3. The van der Waals surface area contributed by atoms with Crippen LogP contribution in [0.1, 0.15) is 29.8 Å². The molecule has 0 radical (unpaired) electrons. The van der Waals surface area contributed by atoms with Crippen molar-refractivity contribution in [3.63, 3.8) is 0 Å². The number of carbonyl (C=O) groups is 2. The van der Waals surface area contributed by atoms with Gasteiger partial charge in [0.15, 0.2) is 0 Å². The van der Waals surface area contributed by atoms with Crippen molar-refractivity contribution in [2.75, 3.05) is 13.1 Å². The van der Waals surface area contributed by atoms with Crippen molar-refractivity contribution < 1.29 is 9.59 Å². The third kappa shape index (κ3) is 6.04. The lowest BCUT2D eigenvalue weighted by atomic mass is 10.1. The number of nitrogens with one attached hydrogen (secondary N) is 2. The Morgan fingerprint density at radius 3 is 2.10 bits per heavy atom. The van der Waals surface area contributed by atoms with E-state index >= 15 is 0 Å². The summed E-state index contributed by atoms with van der Waals surface area (Å²) < 4.78 is 0. The number of amides is 2. The highest BCUT2D eigenvalue weighted by Crippen LogP contribution is 2.02. The van der Waals surface area contributed by atoms with E-state index in [-0.39, 0.29) is 24.2 Å². The second kappa shape index (κ2) is 7.87. The molecule has 0 aliphatic carbocycles. The second-order valence-corrected chi connectivity index (χ2v) is 5.10. The molecule has 0 saturated carbocycles. The SMILES string of the molecule is Cc1ccc(C(=O)NCCNC(=O)C(C)(C)N)cc1.Cl. The van der Waals surface area contributed by atoms with Gasteiger partial charge in [0.2, 0.25) is 5.91 Å². The van der Waals surface area contributed by atoms with Crippen molar-refractivity contribution in [2.45, 2.75) is 26.3 Å². The molecule has 0 heterocycles. The number of nitrogens with two attached hydrogens (primary N) is 1.